The fraction of sp³-hybridized carbons (Fsp3) is 0.130. The second kappa shape index (κ2) is 9.52. The molecule has 0 aliphatic carbocycles. The van der Waals surface area contributed by atoms with Crippen molar-refractivity contribution in [3.8, 4) is 0 Å². The molecule has 4 rings (SSSR count). The van der Waals surface area contributed by atoms with Crippen molar-refractivity contribution in [3.63, 3.8) is 0 Å². The van der Waals surface area contributed by atoms with E-state index in [0.29, 0.717) is 16.8 Å². The number of carbonyl (C=O) groups excluding carboxylic acids is 2. The van der Waals surface area contributed by atoms with Crippen LogP contribution in [-0.4, -0.2) is 33.2 Å². The third-order valence-electron chi connectivity index (χ3n) is 4.77. The molecular weight excluding hydrogens is 473 g/mol. The lowest BCUT2D eigenvalue weighted by Crippen LogP contribution is -2.38. The van der Waals surface area contributed by atoms with Crippen LogP contribution in [0.4, 0.5) is 18.9 Å². The average molecular weight is 489 g/mol. The summed E-state index contributed by atoms with van der Waals surface area (Å²) in [6.45, 7) is -0.541. The van der Waals surface area contributed by atoms with Crippen LogP contribution in [0.1, 0.15) is 21.8 Å². The van der Waals surface area contributed by atoms with E-state index in [4.69, 9.17) is 16.0 Å². The predicted molar refractivity (Wildman–Crippen MR) is 118 cm³/mol. The minimum atomic E-state index is -4.69. The molecule has 0 saturated carbocycles. The lowest BCUT2D eigenvalue weighted by molar-refractivity contribution is -0.137. The molecule has 4 aromatic rings. The second-order valence-corrected chi connectivity index (χ2v) is 7.63. The normalized spacial score (nSPS) is 11.4. The van der Waals surface area contributed by atoms with Gasteiger partial charge in [-0.1, -0.05) is 23.7 Å². The first kappa shape index (κ1) is 23.2. The van der Waals surface area contributed by atoms with E-state index < -0.39 is 35.1 Å². The molecule has 0 aliphatic rings. The summed E-state index contributed by atoms with van der Waals surface area (Å²) in [4.78, 5) is 35.5. The number of amides is 2. The monoisotopic (exact) mass is 488 g/mol. The Bertz CT molecular complexity index is 1340. The van der Waals surface area contributed by atoms with Crippen LogP contribution < -0.4 is 5.32 Å². The molecule has 174 valence electrons. The highest BCUT2D eigenvalue weighted by molar-refractivity contribution is 6.31. The number of para-hydroxylation sites is 2. The number of fused-ring (bicyclic) bond motifs is 1. The number of carbonyl (C=O) groups is 2. The molecule has 0 radical (unpaired) electrons. The molecule has 0 unspecified atom stereocenters. The molecule has 11 heteroatoms. The summed E-state index contributed by atoms with van der Waals surface area (Å²) in [5.41, 5.74) is -0.0994. The molecular formula is C23H16ClF3N4O3. The first-order valence-electron chi connectivity index (χ1n) is 9.91. The SMILES string of the molecule is O=C(CN(Cc1ccco1)C(=O)c1cnc2ccccc2n1)Nc1ccc(Cl)c(C(F)(F)F)c1. The third-order valence-corrected chi connectivity index (χ3v) is 5.10. The summed E-state index contributed by atoms with van der Waals surface area (Å²) in [6, 6.07) is 13.2. The van der Waals surface area contributed by atoms with E-state index in [2.05, 4.69) is 15.3 Å². The number of nitrogens with one attached hydrogen (secondary N) is 1. The first-order valence-corrected chi connectivity index (χ1v) is 10.3. The Hall–Kier alpha value is -3.92. The number of hydrogen-bond donors (Lipinski definition) is 1. The number of alkyl halides is 3. The van der Waals surface area contributed by atoms with E-state index in [9.17, 15) is 22.8 Å². The Labute approximate surface area is 196 Å². The van der Waals surface area contributed by atoms with Crippen LogP contribution in [0.5, 0.6) is 0 Å². The molecule has 0 aliphatic heterocycles. The zero-order valence-corrected chi connectivity index (χ0v) is 18.1. The fourth-order valence-corrected chi connectivity index (χ4v) is 3.43. The van der Waals surface area contributed by atoms with Crippen LogP contribution in [0.15, 0.2) is 71.5 Å². The molecule has 2 amide bonds. The van der Waals surface area contributed by atoms with Gasteiger partial charge in [0.25, 0.3) is 5.91 Å². The quantitative estimate of drug-likeness (QED) is 0.404. The van der Waals surface area contributed by atoms with Crippen LogP contribution in [0.2, 0.25) is 5.02 Å². The zero-order chi connectivity index (χ0) is 24.3. The zero-order valence-electron chi connectivity index (χ0n) is 17.3. The largest absolute Gasteiger partial charge is 0.467 e. The number of anilines is 1. The van der Waals surface area contributed by atoms with Crippen molar-refractivity contribution < 1.29 is 27.2 Å². The van der Waals surface area contributed by atoms with Crippen molar-refractivity contribution in [2.24, 2.45) is 0 Å². The van der Waals surface area contributed by atoms with Gasteiger partial charge < -0.3 is 14.6 Å². The molecule has 2 heterocycles. The Morgan fingerprint density at radius 3 is 2.53 bits per heavy atom. The van der Waals surface area contributed by atoms with Crippen LogP contribution in [0.3, 0.4) is 0 Å². The highest BCUT2D eigenvalue weighted by Crippen LogP contribution is 2.36. The highest BCUT2D eigenvalue weighted by Gasteiger charge is 2.33. The molecule has 0 spiro atoms. The molecule has 34 heavy (non-hydrogen) atoms. The fourth-order valence-electron chi connectivity index (χ4n) is 3.21. The van der Waals surface area contributed by atoms with Crippen LogP contribution in [0.25, 0.3) is 11.0 Å². The molecule has 7 nitrogen and oxygen atoms in total. The standard InChI is InChI=1S/C23H16ClF3N4O3/c24-17-8-7-14(10-16(17)23(25,26)27)29-21(32)13-31(12-15-4-3-9-34-15)22(33)20-11-28-18-5-1-2-6-19(18)30-20/h1-11H,12-13H2,(H,29,32). The predicted octanol–water partition coefficient (Wildman–Crippen LogP) is 5.18. The highest BCUT2D eigenvalue weighted by atomic mass is 35.5. The second-order valence-electron chi connectivity index (χ2n) is 7.23. The number of benzene rings is 2. The smallest absolute Gasteiger partial charge is 0.417 e. The maximum absolute atomic E-state index is 13.2. The van der Waals surface area contributed by atoms with Crippen molar-refractivity contribution in [2.75, 3.05) is 11.9 Å². The van der Waals surface area contributed by atoms with Crippen molar-refractivity contribution in [2.45, 2.75) is 12.7 Å². The summed E-state index contributed by atoms with van der Waals surface area (Å²) in [7, 11) is 0. The molecule has 0 atom stereocenters. The topological polar surface area (TPSA) is 88.3 Å². The lowest BCUT2D eigenvalue weighted by atomic mass is 10.2. The maximum Gasteiger partial charge on any atom is 0.417 e. The van der Waals surface area contributed by atoms with E-state index in [0.717, 1.165) is 17.0 Å². The van der Waals surface area contributed by atoms with Gasteiger partial charge in [-0.3, -0.25) is 14.6 Å². The van der Waals surface area contributed by atoms with E-state index in [1.54, 1.807) is 36.4 Å². The Morgan fingerprint density at radius 2 is 1.82 bits per heavy atom. The Balaban J connectivity index is 1.56. The van der Waals surface area contributed by atoms with Gasteiger partial charge in [-0.05, 0) is 42.5 Å². The van der Waals surface area contributed by atoms with Crippen LogP contribution in [0, 0.1) is 0 Å². The van der Waals surface area contributed by atoms with Gasteiger partial charge in [0.05, 0.1) is 40.6 Å². The number of halogens is 4. The maximum atomic E-state index is 13.2. The van der Waals surface area contributed by atoms with Gasteiger partial charge in [-0.15, -0.1) is 0 Å². The Morgan fingerprint density at radius 1 is 1.06 bits per heavy atom. The van der Waals surface area contributed by atoms with Crippen molar-refractivity contribution in [3.05, 3.63) is 89.1 Å². The molecule has 0 fully saturated rings. The van der Waals surface area contributed by atoms with E-state index >= 15 is 0 Å². The molecule has 2 aromatic heterocycles. The van der Waals surface area contributed by atoms with Gasteiger partial charge in [0.1, 0.15) is 18.0 Å². The van der Waals surface area contributed by atoms with Gasteiger partial charge in [0.15, 0.2) is 0 Å². The van der Waals surface area contributed by atoms with E-state index in [-0.39, 0.29) is 17.9 Å². The van der Waals surface area contributed by atoms with Crippen LogP contribution >= 0.6 is 11.6 Å². The number of rotatable bonds is 6. The van der Waals surface area contributed by atoms with Crippen molar-refractivity contribution in [1.29, 1.82) is 0 Å². The first-order chi connectivity index (χ1) is 16.2. The van der Waals surface area contributed by atoms with Gasteiger partial charge in [0, 0.05) is 5.69 Å². The van der Waals surface area contributed by atoms with Gasteiger partial charge in [0.2, 0.25) is 5.91 Å². The minimum absolute atomic E-state index is 0.00362. The minimum Gasteiger partial charge on any atom is -0.467 e. The van der Waals surface area contributed by atoms with Crippen molar-refractivity contribution in [1.82, 2.24) is 14.9 Å². The van der Waals surface area contributed by atoms with Crippen LogP contribution in [-0.2, 0) is 17.5 Å². The number of aromatic nitrogens is 2. The Kier molecular flexibility index (Phi) is 6.51. The third kappa shape index (κ3) is 5.34. The van der Waals surface area contributed by atoms with E-state index in [1.807, 2.05) is 0 Å². The summed E-state index contributed by atoms with van der Waals surface area (Å²) in [6.07, 6.45) is -1.97. The summed E-state index contributed by atoms with van der Waals surface area (Å²) >= 11 is 5.62. The molecule has 0 bridgehead atoms. The average Bonchev–Trinajstić information content (AvgIpc) is 3.31. The number of furan rings is 1. The number of nitrogens with zero attached hydrogens (tertiary/aromatic N) is 3. The van der Waals surface area contributed by atoms with Gasteiger partial charge >= 0.3 is 6.18 Å². The van der Waals surface area contributed by atoms with Gasteiger partial charge in [-0.25, -0.2) is 4.98 Å². The van der Waals surface area contributed by atoms with E-state index in [1.165, 1.54) is 18.5 Å². The molecule has 1 N–H and O–H groups in total. The van der Waals surface area contributed by atoms with Crippen molar-refractivity contribution >= 4 is 40.1 Å². The summed E-state index contributed by atoms with van der Waals surface area (Å²) in [5, 5.41) is 1.88. The lowest BCUT2D eigenvalue weighted by Gasteiger charge is -2.21. The van der Waals surface area contributed by atoms with Gasteiger partial charge in [-0.2, -0.15) is 13.2 Å². The molecule has 2 aromatic carbocycles. The number of hydrogen-bond acceptors (Lipinski definition) is 5. The molecule has 0 saturated heterocycles. The summed E-state index contributed by atoms with van der Waals surface area (Å²) in [5.74, 6) is -0.915. The summed E-state index contributed by atoms with van der Waals surface area (Å²) < 4.78 is 44.6.